The lowest BCUT2D eigenvalue weighted by Crippen LogP contribution is -1.92. The number of aromatic amines is 2. The Kier molecular flexibility index (Phi) is 14.8. The summed E-state index contributed by atoms with van der Waals surface area (Å²) in [6.45, 7) is 0. The van der Waals surface area contributed by atoms with Crippen molar-refractivity contribution in [1.82, 2.24) is 39.9 Å². The second-order valence-corrected chi connectivity index (χ2v) is 26.2. The molecule has 80 heavy (non-hydrogen) atoms. The Balaban J connectivity index is 1.35. The fourth-order valence-corrected chi connectivity index (χ4v) is 17.3. The molecule has 2 N–H and O–H groups in total. The van der Waals surface area contributed by atoms with E-state index in [2.05, 4.69) is 9.97 Å². The van der Waals surface area contributed by atoms with E-state index in [-0.39, 0.29) is 253 Å². The van der Waals surface area contributed by atoms with Crippen molar-refractivity contribution in [2.45, 2.75) is 0 Å². The number of H-pyrrole nitrogens is 2. The van der Waals surface area contributed by atoms with Crippen LogP contribution in [0.4, 0.5) is 0 Å². The lowest BCUT2D eigenvalue weighted by Gasteiger charge is -2.15. The molecule has 8 nitrogen and oxygen atoms in total. The molecule has 0 saturated heterocycles. The highest BCUT2D eigenvalue weighted by Crippen LogP contribution is 2.60. The highest BCUT2D eigenvalue weighted by molar-refractivity contribution is 6.65. The first-order valence-electron chi connectivity index (χ1n) is 21.2. The minimum atomic E-state index is -0.188. The molecule has 0 fully saturated rings. The van der Waals surface area contributed by atoms with Crippen LogP contribution in [0.5, 0.6) is 0 Å². The number of fused-ring (bicyclic) bond motifs is 24. The zero-order valence-corrected chi connectivity index (χ0v) is 54.9. The highest BCUT2D eigenvalue weighted by atomic mass is 35.5. The Morgan fingerprint density at radius 1 is 0.150 bits per heavy atom. The number of rotatable bonds is 0. The fourth-order valence-electron chi connectivity index (χ4n) is 9.76. The summed E-state index contributed by atoms with van der Waals surface area (Å²) in [6.07, 6.45) is 0. The quantitative estimate of drug-likeness (QED) is 0.116. The maximum Gasteiger partial charge on any atom is 0.166 e. The maximum atomic E-state index is 7.45. The summed E-state index contributed by atoms with van der Waals surface area (Å²) in [4.78, 5) is 36.6. The molecule has 8 aromatic carbocycles. The molecule has 402 valence electrons. The summed E-state index contributed by atoms with van der Waals surface area (Å²) in [6, 6.07) is 0. The second-order valence-electron chi connectivity index (χ2n) is 17.1. The van der Waals surface area contributed by atoms with Crippen molar-refractivity contribution in [2.75, 3.05) is 0 Å². The second kappa shape index (κ2) is 20.3. The molecule has 0 aliphatic carbocycles. The zero-order valence-electron chi connectivity index (χ0n) is 36.8. The number of hydrogen-bond donors (Lipinski definition) is 2. The van der Waals surface area contributed by atoms with Crippen LogP contribution in [-0.2, 0) is 0 Å². The minimum absolute atomic E-state index is 0.0332. The summed E-state index contributed by atoms with van der Waals surface area (Å²) in [5.74, 6) is -0.751. The van der Waals surface area contributed by atoms with Crippen molar-refractivity contribution in [3.63, 3.8) is 0 Å². The first kappa shape index (κ1) is 58.2. The molecule has 5 heterocycles. The van der Waals surface area contributed by atoms with Gasteiger partial charge in [-0.25, -0.2) is 29.9 Å². The van der Waals surface area contributed by atoms with Gasteiger partial charge < -0.3 is 9.97 Å². The molecule has 0 atom stereocenters. The van der Waals surface area contributed by atoms with E-state index in [1.165, 1.54) is 0 Å². The van der Waals surface area contributed by atoms with E-state index in [0.29, 0.717) is 0 Å². The van der Waals surface area contributed by atoms with E-state index in [9.17, 15) is 0 Å². The van der Waals surface area contributed by atoms with E-state index in [1.54, 1.807) is 0 Å². The van der Waals surface area contributed by atoms with Gasteiger partial charge in [0.15, 0.2) is 23.3 Å². The average molecular weight is 1540 g/mol. The third-order valence-electron chi connectivity index (χ3n) is 13.2. The minimum Gasteiger partial charge on any atom is -0.324 e. The molecule has 3 aromatic heterocycles. The predicted molar refractivity (Wildman–Crippen MR) is 346 cm³/mol. The molecule has 13 rings (SSSR count). The first-order valence-corrected chi connectivity index (χ1v) is 30.3. The predicted octanol–water partition coefficient (Wildman–Crippen LogP) is 27.2. The molecule has 2 aliphatic rings. The zero-order chi connectivity index (χ0) is 57.4. The molecule has 11 aromatic rings. The number of nitrogens with zero attached hydrogens (tertiary/aromatic N) is 6. The Morgan fingerprint density at radius 3 is 0.463 bits per heavy atom. The Hall–Kier alpha value is -0.880. The van der Waals surface area contributed by atoms with Crippen LogP contribution in [0, 0.1) is 0 Å². The number of halogens is 24. The summed E-state index contributed by atoms with van der Waals surface area (Å²) in [5, 5.41) is -2.23. The standard InChI is InChI=1S/C48H2Cl24N8/c49-17-1-2(26(58)34(66)33(65)25(1)57)18(50)10-9(17)41-73-42(10)78-44-13-14(22(54)6-5(21(13)53)29(61)37(69)38(70)30(6)62)46(75-44)80-48-16-15(23(55)7-8(24(16)56)32(64)40(72)39(71)31(7)63)47(76-48)79-45-12-11(43(74-45)77-41)19(51)3-4(20(12)52)28(60)36(68)35(67)27(3)59/h(H2,73,74,75,76,77,78,79,80). The molecule has 0 saturated carbocycles. The molecule has 2 aliphatic heterocycles. The van der Waals surface area contributed by atoms with Gasteiger partial charge in [0.25, 0.3) is 0 Å². The van der Waals surface area contributed by atoms with Crippen molar-refractivity contribution in [1.29, 1.82) is 0 Å². The number of benzene rings is 8. The van der Waals surface area contributed by atoms with Crippen molar-refractivity contribution in [3.05, 3.63) is 121 Å². The van der Waals surface area contributed by atoms with E-state index in [1.807, 2.05) is 0 Å². The van der Waals surface area contributed by atoms with Crippen LogP contribution in [0.1, 0.15) is 0 Å². The van der Waals surface area contributed by atoms with Crippen LogP contribution < -0.4 is 0 Å². The van der Waals surface area contributed by atoms with Gasteiger partial charge in [0, 0.05) is 64.6 Å². The van der Waals surface area contributed by atoms with Crippen molar-refractivity contribution >= 4 is 366 Å². The summed E-state index contributed by atoms with van der Waals surface area (Å²) in [5.41, 5.74) is -0.267. The lowest BCUT2D eigenvalue weighted by molar-refractivity contribution is 1.19. The van der Waals surface area contributed by atoms with Crippen LogP contribution in [0.3, 0.4) is 0 Å². The van der Waals surface area contributed by atoms with E-state index >= 15 is 0 Å². The van der Waals surface area contributed by atoms with E-state index < -0.39 is 0 Å². The molecule has 32 heteroatoms. The summed E-state index contributed by atoms with van der Waals surface area (Å²) >= 11 is 168. The van der Waals surface area contributed by atoms with Gasteiger partial charge in [-0.1, -0.05) is 278 Å². The molecule has 0 spiro atoms. The third-order valence-corrected chi connectivity index (χ3v) is 23.4. The van der Waals surface area contributed by atoms with Gasteiger partial charge in [0.2, 0.25) is 0 Å². The normalized spacial score (nSPS) is 12.5. The van der Waals surface area contributed by atoms with Crippen LogP contribution in [0.2, 0.25) is 121 Å². The largest absolute Gasteiger partial charge is 0.324 e. The van der Waals surface area contributed by atoms with Crippen LogP contribution in [0.25, 0.3) is 133 Å². The molecular weight excluding hydrogens is 1540 g/mol. The average Bonchev–Trinajstić information content (AvgIpc) is 4.37. The third kappa shape index (κ3) is 7.82. The smallest absolute Gasteiger partial charge is 0.166 e. The van der Waals surface area contributed by atoms with E-state index in [4.69, 9.17) is 308 Å². The fraction of sp³-hybridized carbons (Fsp3) is 0. The molecule has 0 amide bonds. The summed E-state index contributed by atoms with van der Waals surface area (Å²) < 4.78 is 0. The van der Waals surface area contributed by atoms with Crippen LogP contribution in [-0.4, -0.2) is 39.9 Å². The summed E-state index contributed by atoms with van der Waals surface area (Å²) in [7, 11) is 0. The van der Waals surface area contributed by atoms with Gasteiger partial charge in [-0.05, 0) is 0 Å². The Morgan fingerprint density at radius 2 is 0.300 bits per heavy atom. The number of nitrogens with one attached hydrogen (secondary N) is 2. The van der Waals surface area contributed by atoms with Crippen molar-refractivity contribution in [2.24, 2.45) is 0 Å². The Bertz CT molecular complexity index is 4510. The van der Waals surface area contributed by atoms with E-state index in [0.717, 1.165) is 0 Å². The molecule has 0 unspecified atom stereocenters. The van der Waals surface area contributed by atoms with Gasteiger partial charge in [-0.3, -0.25) is 0 Å². The van der Waals surface area contributed by atoms with Crippen LogP contribution in [0.15, 0.2) is 0 Å². The lowest BCUT2D eigenvalue weighted by atomic mass is 10.0. The van der Waals surface area contributed by atoms with Gasteiger partial charge in [0.1, 0.15) is 22.6 Å². The van der Waals surface area contributed by atoms with Gasteiger partial charge in [-0.15, -0.1) is 0 Å². The first-order chi connectivity index (χ1) is 37.7. The molecular formula is C48H2Cl24N8. The van der Waals surface area contributed by atoms with Gasteiger partial charge in [-0.2, -0.15) is 0 Å². The van der Waals surface area contributed by atoms with Gasteiger partial charge >= 0.3 is 0 Å². The molecule has 8 bridgehead atoms. The van der Waals surface area contributed by atoms with Crippen LogP contribution >= 0.6 is 278 Å². The van der Waals surface area contributed by atoms with Gasteiger partial charge in [0.05, 0.1) is 143 Å². The van der Waals surface area contributed by atoms with Crippen molar-refractivity contribution in [3.8, 4) is 45.6 Å². The number of aromatic nitrogens is 8. The maximum absolute atomic E-state index is 7.45. The highest BCUT2D eigenvalue weighted by Gasteiger charge is 2.36. The number of hydrogen-bond acceptors (Lipinski definition) is 6. The monoisotopic (exact) mass is 1530 g/mol. The SMILES string of the molecule is Clc1c(Cl)c(Cl)c2c(Cl)c3c(c(Cl)c2c1Cl)-c1nc-3nc2[nH]c(nc3nc(nc4[nH]c(n1)c1c(Cl)c5c(Cl)c(Cl)c(Cl)c(Cl)c5c(Cl)c41)-c1c-3c(Cl)c3c(Cl)c(Cl)c(Cl)c(Cl)c3c1Cl)c1c(Cl)c3c(Cl)c(Cl)c(Cl)c(Cl)c3c(Cl)c21. The topological polar surface area (TPSA) is 109 Å². The van der Waals surface area contributed by atoms with Crippen molar-refractivity contribution < 1.29 is 0 Å². The molecule has 0 radical (unpaired) electrons. The Labute approximate surface area is 564 Å².